The van der Waals surface area contributed by atoms with E-state index < -0.39 is 0 Å². The third kappa shape index (κ3) is 6.13. The van der Waals surface area contributed by atoms with Gasteiger partial charge in [-0.15, -0.1) is 0 Å². The Bertz CT molecular complexity index is 661. The van der Waals surface area contributed by atoms with E-state index in [1.54, 1.807) is 30.3 Å². The molecule has 0 aromatic heterocycles. The Morgan fingerprint density at radius 3 is 2.54 bits per heavy atom. The first kappa shape index (κ1) is 18.1. The van der Waals surface area contributed by atoms with E-state index in [0.717, 1.165) is 25.0 Å². The number of halogens is 1. The largest absolute Gasteiger partial charge is 0.493 e. The Labute approximate surface area is 147 Å². The summed E-state index contributed by atoms with van der Waals surface area (Å²) < 4.78 is 11.2. The van der Waals surface area contributed by atoms with Crippen LogP contribution in [-0.4, -0.2) is 19.1 Å². The maximum atomic E-state index is 11.9. The molecule has 0 radical (unpaired) electrons. The van der Waals surface area contributed by atoms with E-state index in [4.69, 9.17) is 21.1 Å². The highest BCUT2D eigenvalue weighted by molar-refractivity contribution is 6.33. The average Bonchev–Trinajstić information content (AvgIpc) is 2.59. The maximum Gasteiger partial charge on any atom is 0.262 e. The van der Waals surface area contributed by atoms with Crippen molar-refractivity contribution >= 4 is 23.2 Å². The molecule has 0 fully saturated rings. The summed E-state index contributed by atoms with van der Waals surface area (Å²) in [5, 5.41) is 3.21. The Balaban J connectivity index is 1.81. The smallest absolute Gasteiger partial charge is 0.262 e. The standard InChI is InChI=1S/C19H22ClNO3/c1-2-3-6-12-23-15-8-7-9-16(13-15)24-14-19(22)21-18-11-5-4-10-17(18)20/h4-5,7-11,13H,2-3,6,12,14H2,1H3,(H,21,22). The van der Waals surface area contributed by atoms with Crippen LogP contribution in [0.3, 0.4) is 0 Å². The van der Waals surface area contributed by atoms with Crippen molar-refractivity contribution in [2.45, 2.75) is 26.2 Å². The highest BCUT2D eigenvalue weighted by atomic mass is 35.5. The van der Waals surface area contributed by atoms with Crippen LogP contribution in [-0.2, 0) is 4.79 Å². The summed E-state index contributed by atoms with van der Waals surface area (Å²) in [4.78, 5) is 11.9. The lowest BCUT2D eigenvalue weighted by atomic mass is 10.3. The first-order valence-corrected chi connectivity index (χ1v) is 8.47. The number of ether oxygens (including phenoxy) is 2. The van der Waals surface area contributed by atoms with Gasteiger partial charge in [0.1, 0.15) is 11.5 Å². The molecule has 0 bridgehead atoms. The summed E-state index contributed by atoms with van der Waals surface area (Å²) in [7, 11) is 0. The molecule has 0 aliphatic rings. The molecule has 1 N–H and O–H groups in total. The third-order valence-electron chi connectivity index (χ3n) is 3.34. The molecule has 128 valence electrons. The van der Waals surface area contributed by atoms with Crippen LogP contribution < -0.4 is 14.8 Å². The van der Waals surface area contributed by atoms with E-state index in [9.17, 15) is 4.79 Å². The Hall–Kier alpha value is -2.20. The molecule has 0 heterocycles. The van der Waals surface area contributed by atoms with Gasteiger partial charge < -0.3 is 14.8 Å². The molecule has 0 saturated heterocycles. The van der Waals surface area contributed by atoms with Crippen molar-refractivity contribution in [1.82, 2.24) is 0 Å². The summed E-state index contributed by atoms with van der Waals surface area (Å²) in [6.45, 7) is 2.75. The zero-order chi connectivity index (χ0) is 17.2. The normalized spacial score (nSPS) is 10.2. The zero-order valence-corrected chi connectivity index (χ0v) is 14.5. The molecule has 0 unspecified atom stereocenters. The van der Waals surface area contributed by atoms with Gasteiger partial charge in [-0.3, -0.25) is 4.79 Å². The first-order chi connectivity index (χ1) is 11.7. The minimum Gasteiger partial charge on any atom is -0.493 e. The van der Waals surface area contributed by atoms with Crippen LogP contribution in [0.5, 0.6) is 11.5 Å². The minimum atomic E-state index is -0.266. The fraction of sp³-hybridized carbons (Fsp3) is 0.316. The van der Waals surface area contributed by atoms with E-state index in [0.29, 0.717) is 23.1 Å². The van der Waals surface area contributed by atoms with E-state index >= 15 is 0 Å². The molecule has 4 nitrogen and oxygen atoms in total. The van der Waals surface area contributed by atoms with Crippen molar-refractivity contribution < 1.29 is 14.3 Å². The molecule has 0 aliphatic heterocycles. The lowest BCUT2D eigenvalue weighted by Gasteiger charge is -2.10. The van der Waals surface area contributed by atoms with Gasteiger partial charge in [0, 0.05) is 6.07 Å². The number of para-hydroxylation sites is 1. The molecule has 0 saturated carbocycles. The second kappa shape index (κ2) is 9.83. The second-order valence-electron chi connectivity index (χ2n) is 5.35. The van der Waals surface area contributed by atoms with Crippen LogP contribution in [0.4, 0.5) is 5.69 Å². The van der Waals surface area contributed by atoms with Gasteiger partial charge in [-0.2, -0.15) is 0 Å². The molecule has 2 aromatic carbocycles. The van der Waals surface area contributed by atoms with Crippen molar-refractivity contribution in [3.05, 3.63) is 53.6 Å². The van der Waals surface area contributed by atoms with Crippen LogP contribution in [0, 0.1) is 0 Å². The van der Waals surface area contributed by atoms with Crippen LogP contribution in [0.1, 0.15) is 26.2 Å². The number of unbranched alkanes of at least 4 members (excludes halogenated alkanes) is 2. The molecule has 24 heavy (non-hydrogen) atoms. The Morgan fingerprint density at radius 2 is 1.79 bits per heavy atom. The SMILES string of the molecule is CCCCCOc1cccc(OCC(=O)Nc2ccccc2Cl)c1. The molecular formula is C19H22ClNO3. The van der Waals surface area contributed by atoms with Gasteiger partial charge in [0.15, 0.2) is 6.61 Å². The van der Waals surface area contributed by atoms with Crippen molar-refractivity contribution in [2.75, 3.05) is 18.5 Å². The maximum absolute atomic E-state index is 11.9. The lowest BCUT2D eigenvalue weighted by Crippen LogP contribution is -2.20. The molecular weight excluding hydrogens is 326 g/mol. The van der Waals surface area contributed by atoms with Gasteiger partial charge in [0.25, 0.3) is 5.91 Å². The topological polar surface area (TPSA) is 47.6 Å². The second-order valence-corrected chi connectivity index (χ2v) is 5.75. The van der Waals surface area contributed by atoms with Crippen LogP contribution in [0.2, 0.25) is 5.02 Å². The summed E-state index contributed by atoms with van der Waals surface area (Å²) in [6, 6.07) is 14.4. The number of carbonyl (C=O) groups excluding carboxylic acids is 1. The molecule has 1 amide bonds. The summed E-state index contributed by atoms with van der Waals surface area (Å²) >= 11 is 6.01. The average molecular weight is 348 g/mol. The molecule has 2 rings (SSSR count). The van der Waals surface area contributed by atoms with Gasteiger partial charge in [-0.25, -0.2) is 0 Å². The summed E-state index contributed by atoms with van der Waals surface area (Å²) in [5.41, 5.74) is 0.570. The van der Waals surface area contributed by atoms with Crippen molar-refractivity contribution in [3.63, 3.8) is 0 Å². The molecule has 0 atom stereocenters. The van der Waals surface area contributed by atoms with Crippen molar-refractivity contribution in [3.8, 4) is 11.5 Å². The number of benzene rings is 2. The van der Waals surface area contributed by atoms with Gasteiger partial charge in [-0.1, -0.05) is 49.6 Å². The summed E-state index contributed by atoms with van der Waals surface area (Å²) in [5.74, 6) is 1.07. The predicted molar refractivity (Wildman–Crippen MR) is 97.0 cm³/mol. The number of anilines is 1. The van der Waals surface area contributed by atoms with E-state index in [1.807, 2.05) is 18.2 Å². The third-order valence-corrected chi connectivity index (χ3v) is 3.67. The van der Waals surface area contributed by atoms with Gasteiger partial charge in [0.2, 0.25) is 0 Å². The lowest BCUT2D eigenvalue weighted by molar-refractivity contribution is -0.118. The molecule has 5 heteroatoms. The van der Waals surface area contributed by atoms with Crippen LogP contribution in [0.25, 0.3) is 0 Å². The predicted octanol–water partition coefficient (Wildman–Crippen LogP) is 4.93. The number of amides is 1. The van der Waals surface area contributed by atoms with Gasteiger partial charge >= 0.3 is 0 Å². The summed E-state index contributed by atoms with van der Waals surface area (Å²) in [6.07, 6.45) is 3.34. The fourth-order valence-electron chi connectivity index (χ4n) is 2.09. The number of rotatable bonds is 9. The number of hydrogen-bond donors (Lipinski definition) is 1. The van der Waals surface area contributed by atoms with E-state index in [2.05, 4.69) is 12.2 Å². The molecule has 0 aliphatic carbocycles. The monoisotopic (exact) mass is 347 g/mol. The minimum absolute atomic E-state index is 0.0927. The van der Waals surface area contributed by atoms with Crippen LogP contribution >= 0.6 is 11.6 Å². The highest BCUT2D eigenvalue weighted by Crippen LogP contribution is 2.21. The van der Waals surface area contributed by atoms with Crippen LogP contribution in [0.15, 0.2) is 48.5 Å². The van der Waals surface area contributed by atoms with Gasteiger partial charge in [0.05, 0.1) is 17.3 Å². The first-order valence-electron chi connectivity index (χ1n) is 8.09. The quantitative estimate of drug-likeness (QED) is 0.654. The van der Waals surface area contributed by atoms with Crippen molar-refractivity contribution in [2.24, 2.45) is 0 Å². The molecule has 0 spiro atoms. The number of nitrogens with one attached hydrogen (secondary N) is 1. The zero-order valence-electron chi connectivity index (χ0n) is 13.8. The Kier molecular flexibility index (Phi) is 7.43. The van der Waals surface area contributed by atoms with Crippen molar-refractivity contribution in [1.29, 1.82) is 0 Å². The Morgan fingerprint density at radius 1 is 1.04 bits per heavy atom. The van der Waals surface area contributed by atoms with Gasteiger partial charge in [-0.05, 0) is 30.7 Å². The highest BCUT2D eigenvalue weighted by Gasteiger charge is 2.06. The van der Waals surface area contributed by atoms with E-state index in [1.165, 1.54) is 0 Å². The molecule has 2 aromatic rings. The number of carbonyl (C=O) groups is 1. The fourth-order valence-corrected chi connectivity index (χ4v) is 2.28. The van der Waals surface area contributed by atoms with E-state index in [-0.39, 0.29) is 12.5 Å². The number of hydrogen-bond acceptors (Lipinski definition) is 3.